The first kappa shape index (κ1) is 10.3. The van der Waals surface area contributed by atoms with E-state index >= 15 is 0 Å². The molecule has 0 saturated carbocycles. The minimum Gasteiger partial charge on any atom is -0.373 e. The van der Waals surface area contributed by atoms with Crippen molar-refractivity contribution < 1.29 is 0 Å². The highest BCUT2D eigenvalue weighted by Crippen LogP contribution is 2.06. The third-order valence-corrected chi connectivity index (χ3v) is 2.00. The fourth-order valence-electron chi connectivity index (χ4n) is 1.01. The molecule has 3 heteroatoms. The third kappa shape index (κ3) is 2.60. The van der Waals surface area contributed by atoms with Crippen LogP contribution in [-0.2, 0) is 6.54 Å². The Hall–Kier alpha value is -1.82. The Morgan fingerprint density at radius 2 is 2.43 bits per heavy atom. The van der Waals surface area contributed by atoms with Gasteiger partial charge in [-0.3, -0.25) is 4.98 Å². The summed E-state index contributed by atoms with van der Waals surface area (Å²) in [7, 11) is 1.95. The van der Waals surface area contributed by atoms with Crippen LogP contribution in [0.2, 0.25) is 0 Å². The van der Waals surface area contributed by atoms with Gasteiger partial charge in [-0.1, -0.05) is 6.58 Å². The zero-order valence-corrected chi connectivity index (χ0v) is 8.49. The first-order valence-electron chi connectivity index (χ1n) is 4.35. The normalized spacial score (nSPS) is 9.21. The summed E-state index contributed by atoms with van der Waals surface area (Å²) < 4.78 is 0. The maximum Gasteiger partial charge on any atom is 0.0992 e. The van der Waals surface area contributed by atoms with E-state index in [1.807, 2.05) is 18.9 Å². The van der Waals surface area contributed by atoms with Gasteiger partial charge in [-0.25, -0.2) is 0 Å². The number of hydrogen-bond acceptors (Lipinski definition) is 3. The van der Waals surface area contributed by atoms with E-state index in [0.717, 1.165) is 11.4 Å². The summed E-state index contributed by atoms with van der Waals surface area (Å²) in [6.07, 6.45) is 1.65. The second-order valence-electron chi connectivity index (χ2n) is 3.24. The SMILES string of the molecule is C=C(C)N(C)Cc1cc(C#N)ccn1. The van der Waals surface area contributed by atoms with Gasteiger partial charge in [0.2, 0.25) is 0 Å². The summed E-state index contributed by atoms with van der Waals surface area (Å²) in [5.41, 5.74) is 2.51. The molecule has 0 aliphatic carbocycles. The Labute approximate surface area is 84.3 Å². The fraction of sp³-hybridized carbons (Fsp3) is 0.273. The molecule has 0 aromatic carbocycles. The van der Waals surface area contributed by atoms with Gasteiger partial charge >= 0.3 is 0 Å². The maximum absolute atomic E-state index is 8.70. The smallest absolute Gasteiger partial charge is 0.0992 e. The van der Waals surface area contributed by atoms with Crippen molar-refractivity contribution in [2.75, 3.05) is 7.05 Å². The molecule has 0 spiro atoms. The van der Waals surface area contributed by atoms with Crippen LogP contribution >= 0.6 is 0 Å². The van der Waals surface area contributed by atoms with E-state index in [-0.39, 0.29) is 0 Å². The average molecular weight is 187 g/mol. The standard InChI is InChI=1S/C11H13N3/c1-9(2)14(3)8-11-6-10(7-12)4-5-13-11/h4-6H,1,8H2,2-3H3. The molecule has 1 heterocycles. The fourth-order valence-corrected chi connectivity index (χ4v) is 1.01. The number of pyridine rings is 1. The van der Waals surface area contributed by atoms with Crippen LogP contribution in [0, 0.1) is 11.3 Å². The number of allylic oxidation sites excluding steroid dienone is 1. The third-order valence-electron chi connectivity index (χ3n) is 2.00. The van der Waals surface area contributed by atoms with E-state index in [1.165, 1.54) is 0 Å². The minimum atomic E-state index is 0.644. The van der Waals surface area contributed by atoms with Crippen molar-refractivity contribution in [1.82, 2.24) is 9.88 Å². The van der Waals surface area contributed by atoms with E-state index < -0.39 is 0 Å². The summed E-state index contributed by atoms with van der Waals surface area (Å²) in [5.74, 6) is 0. The lowest BCUT2D eigenvalue weighted by Crippen LogP contribution is -2.15. The molecule has 0 aliphatic heterocycles. The number of aromatic nitrogens is 1. The van der Waals surface area contributed by atoms with Crippen LogP contribution in [0.4, 0.5) is 0 Å². The van der Waals surface area contributed by atoms with Crippen LogP contribution in [0.5, 0.6) is 0 Å². The van der Waals surface area contributed by atoms with Crippen molar-refractivity contribution in [2.45, 2.75) is 13.5 Å². The molecule has 3 nitrogen and oxygen atoms in total. The van der Waals surface area contributed by atoms with Crippen LogP contribution in [0.15, 0.2) is 30.6 Å². The molecule has 0 bridgehead atoms. The van der Waals surface area contributed by atoms with Gasteiger partial charge in [0.25, 0.3) is 0 Å². The van der Waals surface area contributed by atoms with Gasteiger partial charge in [0.15, 0.2) is 0 Å². The molecule has 1 aromatic rings. The molecule has 0 N–H and O–H groups in total. The Morgan fingerprint density at radius 1 is 1.71 bits per heavy atom. The predicted molar refractivity (Wildman–Crippen MR) is 55.2 cm³/mol. The van der Waals surface area contributed by atoms with Gasteiger partial charge in [-0.15, -0.1) is 0 Å². The molecule has 0 fully saturated rings. The van der Waals surface area contributed by atoms with Crippen LogP contribution in [0.3, 0.4) is 0 Å². The Kier molecular flexibility index (Phi) is 3.24. The van der Waals surface area contributed by atoms with Crippen LogP contribution < -0.4 is 0 Å². The molecule has 0 amide bonds. The van der Waals surface area contributed by atoms with Crippen molar-refractivity contribution in [3.8, 4) is 6.07 Å². The molecule has 0 radical (unpaired) electrons. The summed E-state index contributed by atoms with van der Waals surface area (Å²) in [4.78, 5) is 6.17. The molecule has 0 aliphatic rings. The van der Waals surface area contributed by atoms with Crippen molar-refractivity contribution in [3.05, 3.63) is 41.9 Å². The molecule has 0 atom stereocenters. The second-order valence-corrected chi connectivity index (χ2v) is 3.24. The Bertz CT molecular complexity index is 376. The Morgan fingerprint density at radius 3 is 3.00 bits per heavy atom. The monoisotopic (exact) mass is 187 g/mol. The zero-order valence-electron chi connectivity index (χ0n) is 8.49. The van der Waals surface area contributed by atoms with E-state index in [0.29, 0.717) is 12.1 Å². The molecule has 0 unspecified atom stereocenters. The summed E-state index contributed by atoms with van der Waals surface area (Å²) in [5, 5.41) is 8.70. The van der Waals surface area contributed by atoms with Crippen molar-refractivity contribution in [1.29, 1.82) is 5.26 Å². The van der Waals surface area contributed by atoms with E-state index in [9.17, 15) is 0 Å². The number of nitrogens with zero attached hydrogens (tertiary/aromatic N) is 3. The first-order valence-corrected chi connectivity index (χ1v) is 4.35. The van der Waals surface area contributed by atoms with Crippen LogP contribution in [0.1, 0.15) is 18.2 Å². The second kappa shape index (κ2) is 4.43. The molecular weight excluding hydrogens is 174 g/mol. The molecule has 72 valence electrons. The van der Waals surface area contributed by atoms with Gasteiger partial charge in [-0.2, -0.15) is 5.26 Å². The number of hydrogen-bond donors (Lipinski definition) is 0. The zero-order chi connectivity index (χ0) is 10.6. The highest BCUT2D eigenvalue weighted by Gasteiger charge is 2.01. The van der Waals surface area contributed by atoms with Crippen molar-refractivity contribution in [3.63, 3.8) is 0 Å². The Balaban J connectivity index is 2.78. The lowest BCUT2D eigenvalue weighted by molar-refractivity contribution is 0.408. The highest BCUT2D eigenvalue weighted by molar-refractivity contribution is 5.28. The maximum atomic E-state index is 8.70. The lowest BCUT2D eigenvalue weighted by atomic mass is 10.2. The molecule has 0 saturated heterocycles. The summed E-state index contributed by atoms with van der Waals surface area (Å²) in [6.45, 7) is 6.45. The van der Waals surface area contributed by atoms with E-state index in [4.69, 9.17) is 5.26 Å². The minimum absolute atomic E-state index is 0.644. The van der Waals surface area contributed by atoms with E-state index in [1.54, 1.807) is 18.3 Å². The average Bonchev–Trinajstić information content (AvgIpc) is 2.18. The molecule has 14 heavy (non-hydrogen) atoms. The topological polar surface area (TPSA) is 39.9 Å². The van der Waals surface area contributed by atoms with Gasteiger partial charge in [-0.05, 0) is 19.1 Å². The number of rotatable bonds is 3. The molecular formula is C11H13N3. The van der Waals surface area contributed by atoms with Gasteiger partial charge < -0.3 is 4.90 Å². The van der Waals surface area contributed by atoms with Gasteiger partial charge in [0, 0.05) is 18.9 Å². The van der Waals surface area contributed by atoms with Gasteiger partial charge in [0.1, 0.15) is 0 Å². The van der Waals surface area contributed by atoms with Crippen LogP contribution in [-0.4, -0.2) is 16.9 Å². The van der Waals surface area contributed by atoms with Crippen molar-refractivity contribution >= 4 is 0 Å². The predicted octanol–water partition coefficient (Wildman–Crippen LogP) is 1.92. The van der Waals surface area contributed by atoms with Crippen molar-refractivity contribution in [2.24, 2.45) is 0 Å². The molecule has 1 aromatic heterocycles. The summed E-state index contributed by atoms with van der Waals surface area (Å²) >= 11 is 0. The van der Waals surface area contributed by atoms with E-state index in [2.05, 4.69) is 17.6 Å². The van der Waals surface area contributed by atoms with Crippen LogP contribution in [0.25, 0.3) is 0 Å². The number of nitriles is 1. The molecule has 1 rings (SSSR count). The van der Waals surface area contributed by atoms with Gasteiger partial charge in [0.05, 0.1) is 23.9 Å². The quantitative estimate of drug-likeness (QED) is 0.725. The summed E-state index contributed by atoms with van der Waals surface area (Å²) in [6, 6.07) is 5.58. The lowest BCUT2D eigenvalue weighted by Gasteiger charge is -2.17. The first-order chi connectivity index (χ1) is 6.63. The largest absolute Gasteiger partial charge is 0.373 e. The highest BCUT2D eigenvalue weighted by atomic mass is 15.1.